The van der Waals surface area contributed by atoms with E-state index in [4.69, 9.17) is 5.10 Å². The lowest BCUT2D eigenvalue weighted by Gasteiger charge is -2.33. The van der Waals surface area contributed by atoms with Gasteiger partial charge in [0.05, 0.1) is 17.9 Å². The van der Waals surface area contributed by atoms with Gasteiger partial charge in [-0.2, -0.15) is 5.10 Å². The van der Waals surface area contributed by atoms with Crippen molar-refractivity contribution in [1.82, 2.24) is 20.0 Å². The standard InChI is InChI=1S/C19H25N5O.ClH/c1-14-12-20-9-10-23(14)13-19(25)21-18-11-17(15-7-8-15)22-24(18)16-5-3-2-4-6-16;/h2-6,11,14-15,20H,7-10,12-13H2,1H3,(H,21,25);1H/t14-;/m1./s1. The van der Waals surface area contributed by atoms with Crippen molar-refractivity contribution in [3.8, 4) is 5.69 Å². The third-order valence-electron chi connectivity index (χ3n) is 4.98. The highest BCUT2D eigenvalue weighted by Gasteiger charge is 2.28. The topological polar surface area (TPSA) is 62.2 Å². The Bertz CT molecular complexity index is 744. The number of hydrogen-bond donors (Lipinski definition) is 2. The molecule has 4 rings (SSSR count). The molecule has 2 aromatic rings. The molecule has 0 spiro atoms. The van der Waals surface area contributed by atoms with Crippen molar-refractivity contribution >= 4 is 24.1 Å². The van der Waals surface area contributed by atoms with Crippen LogP contribution in [-0.4, -0.2) is 52.8 Å². The second-order valence-electron chi connectivity index (χ2n) is 7.05. The number of nitrogens with zero attached hydrogens (tertiary/aromatic N) is 3. The van der Waals surface area contributed by atoms with E-state index in [9.17, 15) is 4.79 Å². The molecule has 26 heavy (non-hydrogen) atoms. The van der Waals surface area contributed by atoms with Gasteiger partial charge in [0, 0.05) is 37.7 Å². The van der Waals surface area contributed by atoms with Gasteiger partial charge in [0.25, 0.3) is 0 Å². The molecule has 140 valence electrons. The lowest BCUT2D eigenvalue weighted by Crippen LogP contribution is -2.52. The summed E-state index contributed by atoms with van der Waals surface area (Å²) in [5, 5.41) is 11.2. The predicted molar refractivity (Wildman–Crippen MR) is 105 cm³/mol. The lowest BCUT2D eigenvalue weighted by molar-refractivity contribution is -0.118. The van der Waals surface area contributed by atoms with E-state index in [2.05, 4.69) is 22.5 Å². The number of aromatic nitrogens is 2. The molecular weight excluding hydrogens is 350 g/mol. The fourth-order valence-electron chi connectivity index (χ4n) is 3.32. The van der Waals surface area contributed by atoms with E-state index in [0.29, 0.717) is 18.5 Å². The zero-order chi connectivity index (χ0) is 17.2. The van der Waals surface area contributed by atoms with E-state index >= 15 is 0 Å². The van der Waals surface area contributed by atoms with Crippen molar-refractivity contribution in [2.24, 2.45) is 0 Å². The van der Waals surface area contributed by atoms with Crippen LogP contribution < -0.4 is 10.6 Å². The molecule has 0 unspecified atom stereocenters. The van der Waals surface area contributed by atoms with Gasteiger partial charge in [0.1, 0.15) is 5.82 Å². The van der Waals surface area contributed by atoms with Crippen molar-refractivity contribution in [3.05, 3.63) is 42.1 Å². The first-order chi connectivity index (χ1) is 12.2. The van der Waals surface area contributed by atoms with Gasteiger partial charge in [-0.25, -0.2) is 4.68 Å². The van der Waals surface area contributed by atoms with E-state index in [-0.39, 0.29) is 18.3 Å². The number of benzene rings is 1. The molecule has 1 aromatic heterocycles. The van der Waals surface area contributed by atoms with Gasteiger partial charge in [0.15, 0.2) is 0 Å². The molecular formula is C19H26ClN5O. The maximum atomic E-state index is 12.6. The second kappa shape index (κ2) is 8.20. The number of anilines is 1. The molecule has 0 bridgehead atoms. The van der Waals surface area contributed by atoms with Gasteiger partial charge in [-0.05, 0) is 31.9 Å². The number of piperazine rings is 1. The van der Waals surface area contributed by atoms with Gasteiger partial charge >= 0.3 is 0 Å². The van der Waals surface area contributed by atoms with Crippen LogP contribution in [0.2, 0.25) is 0 Å². The van der Waals surface area contributed by atoms with Crippen LogP contribution in [0.5, 0.6) is 0 Å². The van der Waals surface area contributed by atoms with Crippen LogP contribution in [0.15, 0.2) is 36.4 Å². The SMILES string of the molecule is C[C@@H]1CNCCN1CC(=O)Nc1cc(C2CC2)nn1-c1ccccc1.Cl. The zero-order valence-corrected chi connectivity index (χ0v) is 15.8. The van der Waals surface area contributed by atoms with Crippen LogP contribution in [0, 0.1) is 0 Å². The zero-order valence-electron chi connectivity index (χ0n) is 15.0. The maximum Gasteiger partial charge on any atom is 0.239 e. The minimum atomic E-state index is 0. The van der Waals surface area contributed by atoms with Gasteiger partial charge in [-0.3, -0.25) is 9.69 Å². The van der Waals surface area contributed by atoms with Gasteiger partial charge in [0.2, 0.25) is 5.91 Å². The molecule has 2 N–H and O–H groups in total. The molecule has 1 atom stereocenters. The second-order valence-corrected chi connectivity index (χ2v) is 7.05. The Labute approximate surface area is 160 Å². The number of carbonyl (C=O) groups is 1. The first-order valence-corrected chi connectivity index (χ1v) is 9.11. The summed E-state index contributed by atoms with van der Waals surface area (Å²) in [7, 11) is 0. The van der Waals surface area contributed by atoms with Crippen molar-refractivity contribution in [1.29, 1.82) is 0 Å². The third kappa shape index (κ3) is 4.26. The average Bonchev–Trinajstić information content (AvgIpc) is 3.39. The van der Waals surface area contributed by atoms with Crippen molar-refractivity contribution in [2.45, 2.75) is 31.7 Å². The highest BCUT2D eigenvalue weighted by molar-refractivity contribution is 5.91. The van der Waals surface area contributed by atoms with Gasteiger partial charge in [-0.15, -0.1) is 12.4 Å². The number of hydrogen-bond acceptors (Lipinski definition) is 4. The van der Waals surface area contributed by atoms with Crippen LogP contribution >= 0.6 is 12.4 Å². The molecule has 1 amide bonds. The molecule has 1 saturated carbocycles. The Morgan fingerprint density at radius 1 is 1.31 bits per heavy atom. The summed E-state index contributed by atoms with van der Waals surface area (Å²) in [6.45, 7) is 5.34. The fourth-order valence-corrected chi connectivity index (χ4v) is 3.32. The normalized spacial score (nSPS) is 20.4. The molecule has 7 heteroatoms. The lowest BCUT2D eigenvalue weighted by atomic mass is 10.2. The fraction of sp³-hybridized carbons (Fsp3) is 0.474. The summed E-state index contributed by atoms with van der Waals surface area (Å²) < 4.78 is 1.85. The number of para-hydroxylation sites is 1. The Morgan fingerprint density at radius 2 is 2.08 bits per heavy atom. The molecule has 1 saturated heterocycles. The number of halogens is 1. The molecule has 1 aliphatic carbocycles. The summed E-state index contributed by atoms with van der Waals surface area (Å²) in [6.07, 6.45) is 2.38. The third-order valence-corrected chi connectivity index (χ3v) is 4.98. The van der Waals surface area contributed by atoms with Crippen LogP contribution in [0.1, 0.15) is 31.4 Å². The molecule has 2 fully saturated rings. The number of rotatable bonds is 5. The molecule has 6 nitrogen and oxygen atoms in total. The predicted octanol–water partition coefficient (Wildman–Crippen LogP) is 2.40. The quantitative estimate of drug-likeness (QED) is 0.842. The van der Waals surface area contributed by atoms with Crippen molar-refractivity contribution in [3.63, 3.8) is 0 Å². The van der Waals surface area contributed by atoms with Crippen LogP contribution in [-0.2, 0) is 4.79 Å². The first-order valence-electron chi connectivity index (χ1n) is 9.11. The number of amides is 1. The molecule has 2 heterocycles. The molecule has 1 aliphatic heterocycles. The smallest absolute Gasteiger partial charge is 0.239 e. The molecule has 1 aromatic carbocycles. The molecule has 0 radical (unpaired) electrons. The summed E-state index contributed by atoms with van der Waals surface area (Å²) in [4.78, 5) is 14.8. The van der Waals surface area contributed by atoms with Crippen LogP contribution in [0.3, 0.4) is 0 Å². The number of carbonyl (C=O) groups excluding carboxylic acids is 1. The van der Waals surface area contributed by atoms with E-state index < -0.39 is 0 Å². The monoisotopic (exact) mass is 375 g/mol. The summed E-state index contributed by atoms with van der Waals surface area (Å²) in [5.74, 6) is 1.34. The Balaban J connectivity index is 0.00000196. The molecule has 2 aliphatic rings. The van der Waals surface area contributed by atoms with Crippen LogP contribution in [0.25, 0.3) is 5.69 Å². The van der Waals surface area contributed by atoms with Crippen molar-refractivity contribution < 1.29 is 4.79 Å². The van der Waals surface area contributed by atoms with E-state index in [1.807, 2.05) is 41.1 Å². The highest BCUT2D eigenvalue weighted by Crippen LogP contribution is 2.40. The summed E-state index contributed by atoms with van der Waals surface area (Å²) in [6, 6.07) is 12.4. The Kier molecular flexibility index (Phi) is 5.96. The van der Waals surface area contributed by atoms with Crippen LogP contribution in [0.4, 0.5) is 5.82 Å². The van der Waals surface area contributed by atoms with E-state index in [0.717, 1.165) is 36.8 Å². The van der Waals surface area contributed by atoms with Gasteiger partial charge in [-0.1, -0.05) is 18.2 Å². The van der Waals surface area contributed by atoms with Gasteiger partial charge < -0.3 is 10.6 Å². The van der Waals surface area contributed by atoms with E-state index in [1.165, 1.54) is 12.8 Å². The van der Waals surface area contributed by atoms with Crippen molar-refractivity contribution in [2.75, 3.05) is 31.5 Å². The summed E-state index contributed by atoms with van der Waals surface area (Å²) in [5.41, 5.74) is 2.05. The Hall–Kier alpha value is -1.89. The summed E-state index contributed by atoms with van der Waals surface area (Å²) >= 11 is 0. The van der Waals surface area contributed by atoms with E-state index in [1.54, 1.807) is 0 Å². The minimum Gasteiger partial charge on any atom is -0.314 e. The Morgan fingerprint density at radius 3 is 2.77 bits per heavy atom. The minimum absolute atomic E-state index is 0. The largest absolute Gasteiger partial charge is 0.314 e. The number of nitrogens with one attached hydrogen (secondary N) is 2. The average molecular weight is 376 g/mol. The first kappa shape index (κ1) is 18.9. The maximum absolute atomic E-state index is 12.6. The highest BCUT2D eigenvalue weighted by atomic mass is 35.5.